The summed E-state index contributed by atoms with van der Waals surface area (Å²) in [5.41, 5.74) is 2.30. The molecule has 4 heteroatoms. The van der Waals surface area contributed by atoms with Crippen molar-refractivity contribution in [2.24, 2.45) is 0 Å². The zero-order valence-electron chi connectivity index (χ0n) is 12.5. The molecule has 0 unspecified atom stereocenters. The number of hydrogen-bond acceptors (Lipinski definition) is 2. The minimum atomic E-state index is -0.392. The van der Waals surface area contributed by atoms with E-state index in [0.29, 0.717) is 12.2 Å². The molecule has 4 nitrogen and oxygen atoms in total. The molecule has 0 aliphatic carbocycles. The lowest BCUT2D eigenvalue weighted by Gasteiger charge is -2.06. The zero-order chi connectivity index (χ0) is 16.1. The summed E-state index contributed by atoms with van der Waals surface area (Å²) in [4.78, 5) is 27.1. The number of rotatable bonds is 4. The van der Waals surface area contributed by atoms with Crippen LogP contribution in [0.25, 0.3) is 11.3 Å². The van der Waals surface area contributed by atoms with Crippen LogP contribution in [0.5, 0.6) is 0 Å². The van der Waals surface area contributed by atoms with Gasteiger partial charge in [-0.15, -0.1) is 0 Å². The van der Waals surface area contributed by atoms with Crippen molar-refractivity contribution in [1.82, 2.24) is 10.3 Å². The van der Waals surface area contributed by atoms with Gasteiger partial charge in [0, 0.05) is 12.2 Å². The maximum absolute atomic E-state index is 12.2. The molecule has 0 saturated heterocycles. The third-order valence-electron chi connectivity index (χ3n) is 3.53. The van der Waals surface area contributed by atoms with Gasteiger partial charge in [0.15, 0.2) is 0 Å². The Morgan fingerprint density at radius 1 is 0.870 bits per heavy atom. The Balaban J connectivity index is 1.75. The Morgan fingerprint density at radius 2 is 1.52 bits per heavy atom. The Bertz CT molecular complexity index is 855. The monoisotopic (exact) mass is 304 g/mol. The van der Waals surface area contributed by atoms with Gasteiger partial charge in [0.25, 0.3) is 11.5 Å². The highest BCUT2D eigenvalue weighted by Crippen LogP contribution is 2.14. The summed E-state index contributed by atoms with van der Waals surface area (Å²) in [6.07, 6.45) is 0. The van der Waals surface area contributed by atoms with Gasteiger partial charge in [-0.05, 0) is 23.3 Å². The molecule has 1 heterocycles. The third-order valence-corrected chi connectivity index (χ3v) is 3.53. The molecule has 0 atom stereocenters. The molecule has 2 aromatic carbocycles. The summed E-state index contributed by atoms with van der Waals surface area (Å²) in [7, 11) is 0. The first-order chi connectivity index (χ1) is 11.2. The van der Waals surface area contributed by atoms with E-state index in [1.165, 1.54) is 0 Å². The first-order valence-electron chi connectivity index (χ1n) is 7.35. The van der Waals surface area contributed by atoms with E-state index < -0.39 is 5.56 Å². The maximum atomic E-state index is 12.2. The van der Waals surface area contributed by atoms with E-state index in [0.717, 1.165) is 11.1 Å². The van der Waals surface area contributed by atoms with Gasteiger partial charge >= 0.3 is 0 Å². The van der Waals surface area contributed by atoms with Crippen LogP contribution in [0.4, 0.5) is 0 Å². The van der Waals surface area contributed by atoms with Crippen molar-refractivity contribution < 1.29 is 4.79 Å². The van der Waals surface area contributed by atoms with Gasteiger partial charge in [-0.1, -0.05) is 60.7 Å². The molecule has 0 aliphatic heterocycles. The number of amides is 1. The molecule has 2 N–H and O–H groups in total. The Labute approximate surface area is 133 Å². The van der Waals surface area contributed by atoms with Crippen LogP contribution < -0.4 is 10.9 Å². The molecule has 0 spiro atoms. The fourth-order valence-corrected chi connectivity index (χ4v) is 2.31. The van der Waals surface area contributed by atoms with Crippen molar-refractivity contribution in [1.29, 1.82) is 0 Å². The van der Waals surface area contributed by atoms with Crippen LogP contribution in [0.1, 0.15) is 15.9 Å². The molecule has 23 heavy (non-hydrogen) atoms. The van der Waals surface area contributed by atoms with Gasteiger partial charge in [-0.2, -0.15) is 0 Å². The standard InChI is InChI=1S/C19H16N2O2/c22-18(20-13-14-7-3-1-4-8-14)16-11-12-17(21-19(16)23)15-9-5-2-6-10-15/h1-12H,13H2,(H,20,22)(H,21,23). The summed E-state index contributed by atoms with van der Waals surface area (Å²) in [5.74, 6) is -0.380. The lowest BCUT2D eigenvalue weighted by molar-refractivity contribution is 0.0949. The number of carbonyl (C=O) groups is 1. The molecule has 0 saturated carbocycles. The average Bonchev–Trinajstić information content (AvgIpc) is 2.61. The Kier molecular flexibility index (Phi) is 4.34. The lowest BCUT2D eigenvalue weighted by atomic mass is 10.1. The highest BCUT2D eigenvalue weighted by molar-refractivity contribution is 5.94. The van der Waals surface area contributed by atoms with Gasteiger partial charge in [0.1, 0.15) is 5.56 Å². The van der Waals surface area contributed by atoms with Crippen LogP contribution in [0, 0.1) is 0 Å². The Hall–Kier alpha value is -3.14. The van der Waals surface area contributed by atoms with Crippen LogP contribution in [0.3, 0.4) is 0 Å². The average molecular weight is 304 g/mol. The van der Waals surface area contributed by atoms with Crippen LogP contribution in [0.2, 0.25) is 0 Å². The van der Waals surface area contributed by atoms with Crippen molar-refractivity contribution >= 4 is 5.91 Å². The molecule has 1 amide bonds. The van der Waals surface area contributed by atoms with Crippen molar-refractivity contribution in [3.63, 3.8) is 0 Å². The van der Waals surface area contributed by atoms with Crippen LogP contribution in [-0.4, -0.2) is 10.9 Å². The predicted octanol–water partition coefficient (Wildman–Crippen LogP) is 2.97. The molecule has 0 fully saturated rings. The van der Waals surface area contributed by atoms with Gasteiger partial charge in [-0.3, -0.25) is 9.59 Å². The molecular weight excluding hydrogens is 288 g/mol. The largest absolute Gasteiger partial charge is 0.348 e. The van der Waals surface area contributed by atoms with Gasteiger partial charge in [0.2, 0.25) is 0 Å². The van der Waals surface area contributed by atoms with Crippen molar-refractivity contribution in [2.45, 2.75) is 6.54 Å². The maximum Gasteiger partial charge on any atom is 0.261 e. The smallest absolute Gasteiger partial charge is 0.261 e. The van der Waals surface area contributed by atoms with E-state index in [4.69, 9.17) is 0 Å². The van der Waals surface area contributed by atoms with E-state index in [-0.39, 0.29) is 11.5 Å². The van der Waals surface area contributed by atoms with Gasteiger partial charge in [0.05, 0.1) is 0 Å². The second-order valence-electron chi connectivity index (χ2n) is 5.15. The summed E-state index contributed by atoms with van der Waals surface area (Å²) >= 11 is 0. The van der Waals surface area contributed by atoms with Gasteiger partial charge in [-0.25, -0.2) is 0 Å². The predicted molar refractivity (Wildman–Crippen MR) is 90.1 cm³/mol. The molecule has 1 aromatic heterocycles. The lowest BCUT2D eigenvalue weighted by Crippen LogP contribution is -2.29. The number of aromatic amines is 1. The van der Waals surface area contributed by atoms with Crippen molar-refractivity contribution in [3.05, 3.63) is 94.3 Å². The first-order valence-corrected chi connectivity index (χ1v) is 7.35. The number of carbonyl (C=O) groups excluding carboxylic acids is 1. The summed E-state index contributed by atoms with van der Waals surface area (Å²) in [6.45, 7) is 0.388. The number of hydrogen-bond donors (Lipinski definition) is 2. The number of aromatic nitrogens is 1. The highest BCUT2D eigenvalue weighted by Gasteiger charge is 2.11. The molecule has 3 rings (SSSR count). The van der Waals surface area contributed by atoms with Crippen LogP contribution >= 0.6 is 0 Å². The highest BCUT2D eigenvalue weighted by atomic mass is 16.2. The zero-order valence-corrected chi connectivity index (χ0v) is 12.5. The fourth-order valence-electron chi connectivity index (χ4n) is 2.31. The quantitative estimate of drug-likeness (QED) is 0.778. The topological polar surface area (TPSA) is 62.0 Å². The van der Waals surface area contributed by atoms with E-state index in [1.54, 1.807) is 12.1 Å². The summed E-state index contributed by atoms with van der Waals surface area (Å²) in [6, 6.07) is 22.4. The molecule has 0 aliphatic rings. The Morgan fingerprint density at radius 3 is 2.17 bits per heavy atom. The van der Waals surface area contributed by atoms with E-state index in [9.17, 15) is 9.59 Å². The van der Waals surface area contributed by atoms with Gasteiger partial charge < -0.3 is 10.3 Å². The molecule has 0 bridgehead atoms. The third kappa shape index (κ3) is 3.55. The molecule has 0 radical (unpaired) electrons. The molecule has 114 valence electrons. The van der Waals surface area contributed by atoms with Crippen LogP contribution in [-0.2, 0) is 6.54 Å². The van der Waals surface area contributed by atoms with E-state index in [1.807, 2.05) is 60.7 Å². The molecule has 3 aromatic rings. The van der Waals surface area contributed by atoms with Crippen molar-refractivity contribution in [2.75, 3.05) is 0 Å². The van der Waals surface area contributed by atoms with E-state index in [2.05, 4.69) is 10.3 Å². The number of H-pyrrole nitrogens is 1. The second kappa shape index (κ2) is 6.75. The van der Waals surface area contributed by atoms with Crippen LogP contribution in [0.15, 0.2) is 77.6 Å². The number of pyridine rings is 1. The number of benzene rings is 2. The second-order valence-corrected chi connectivity index (χ2v) is 5.15. The van der Waals surface area contributed by atoms with E-state index >= 15 is 0 Å². The molecular formula is C19H16N2O2. The minimum Gasteiger partial charge on any atom is -0.348 e. The summed E-state index contributed by atoms with van der Waals surface area (Å²) < 4.78 is 0. The summed E-state index contributed by atoms with van der Waals surface area (Å²) in [5, 5.41) is 2.76. The SMILES string of the molecule is O=C(NCc1ccccc1)c1ccc(-c2ccccc2)[nH]c1=O. The number of nitrogens with one attached hydrogen (secondary N) is 2. The fraction of sp³-hybridized carbons (Fsp3) is 0.0526. The van der Waals surface area contributed by atoms with Crippen molar-refractivity contribution in [3.8, 4) is 11.3 Å². The minimum absolute atomic E-state index is 0.112. The first kappa shape index (κ1) is 14.8. The normalized spacial score (nSPS) is 10.3.